The van der Waals surface area contributed by atoms with Crippen LogP contribution in [0, 0.1) is 0 Å². The van der Waals surface area contributed by atoms with Crippen LogP contribution in [0.4, 0.5) is 0 Å². The molecule has 0 unspecified atom stereocenters. The van der Waals surface area contributed by atoms with E-state index in [0.29, 0.717) is 0 Å². The van der Waals surface area contributed by atoms with Crippen LogP contribution in [0.5, 0.6) is 0 Å². The molecule has 3 rings (SSSR count). The second kappa shape index (κ2) is 4.59. The molecular weight excluding hydrogens is 238 g/mol. The van der Waals surface area contributed by atoms with Gasteiger partial charge in [-0.05, 0) is 43.2 Å². The molecule has 0 N–H and O–H groups in total. The van der Waals surface area contributed by atoms with E-state index in [1.165, 1.54) is 24.0 Å². The van der Waals surface area contributed by atoms with Crippen molar-refractivity contribution in [3.05, 3.63) is 35.4 Å². The van der Waals surface area contributed by atoms with E-state index in [4.69, 9.17) is 4.74 Å². The predicted octanol–water partition coefficient (Wildman–Crippen LogP) is 3.08. The molecule has 2 fully saturated rings. The first-order valence-electron chi connectivity index (χ1n) is 6.94. The fourth-order valence-electron chi connectivity index (χ4n) is 3.15. The van der Waals surface area contributed by atoms with Crippen LogP contribution in [0.2, 0.25) is 0 Å². The van der Waals surface area contributed by atoms with Gasteiger partial charge in [0.2, 0.25) is 6.08 Å². The van der Waals surface area contributed by atoms with Gasteiger partial charge in [-0.25, -0.2) is 4.79 Å². The molecule has 0 radical (unpaired) electrons. The third-order valence-electron chi connectivity index (χ3n) is 4.73. The summed E-state index contributed by atoms with van der Waals surface area (Å²) in [6.07, 6.45) is 7.20. The quantitative estimate of drug-likeness (QED) is 0.600. The number of methoxy groups -OCH3 is 1. The lowest BCUT2D eigenvalue weighted by Gasteiger charge is -2.37. The van der Waals surface area contributed by atoms with Gasteiger partial charge in [0.25, 0.3) is 0 Å². The standard InChI is InChI=1S/C16H19NO2/c1-19-11-15(8-9-15)13-4-2-5-14(10-13)16(17-12-18)6-3-7-16/h2,4-5,10H,3,6-9,11H2,1H3. The molecule has 2 saturated carbocycles. The van der Waals surface area contributed by atoms with Gasteiger partial charge in [0.1, 0.15) is 0 Å². The summed E-state index contributed by atoms with van der Waals surface area (Å²) in [6.45, 7) is 0.778. The Bertz CT molecular complexity index is 523. The van der Waals surface area contributed by atoms with E-state index >= 15 is 0 Å². The zero-order valence-corrected chi connectivity index (χ0v) is 11.3. The first-order chi connectivity index (χ1) is 9.25. The molecule has 0 aromatic heterocycles. The van der Waals surface area contributed by atoms with Crippen molar-refractivity contribution in [3.8, 4) is 0 Å². The van der Waals surface area contributed by atoms with Gasteiger partial charge in [-0.3, -0.25) is 0 Å². The molecule has 0 aliphatic heterocycles. The normalized spacial score (nSPS) is 22.2. The zero-order chi connectivity index (χ0) is 13.3. The molecule has 0 spiro atoms. The molecule has 2 aliphatic carbocycles. The van der Waals surface area contributed by atoms with Gasteiger partial charge in [-0.1, -0.05) is 24.3 Å². The van der Waals surface area contributed by atoms with Crippen molar-refractivity contribution in [2.75, 3.05) is 13.7 Å². The highest BCUT2D eigenvalue weighted by atomic mass is 16.5. The first-order valence-corrected chi connectivity index (χ1v) is 6.94. The fourth-order valence-corrected chi connectivity index (χ4v) is 3.15. The van der Waals surface area contributed by atoms with Gasteiger partial charge in [0.05, 0.1) is 12.1 Å². The lowest BCUT2D eigenvalue weighted by atomic mass is 9.71. The summed E-state index contributed by atoms with van der Waals surface area (Å²) >= 11 is 0. The SMILES string of the molecule is COCC1(c2cccc(C3(N=C=O)CCC3)c2)CC1. The Balaban J connectivity index is 1.94. The monoisotopic (exact) mass is 257 g/mol. The van der Waals surface area contributed by atoms with Gasteiger partial charge in [0.15, 0.2) is 0 Å². The first kappa shape index (κ1) is 12.6. The van der Waals surface area contributed by atoms with Gasteiger partial charge >= 0.3 is 0 Å². The molecule has 0 heterocycles. The number of benzene rings is 1. The van der Waals surface area contributed by atoms with Crippen molar-refractivity contribution in [3.63, 3.8) is 0 Å². The molecule has 19 heavy (non-hydrogen) atoms. The maximum absolute atomic E-state index is 10.7. The van der Waals surface area contributed by atoms with Crippen molar-refractivity contribution in [2.45, 2.75) is 43.1 Å². The van der Waals surface area contributed by atoms with Gasteiger partial charge < -0.3 is 4.74 Å². The van der Waals surface area contributed by atoms with Crippen molar-refractivity contribution >= 4 is 6.08 Å². The Hall–Kier alpha value is -1.44. The summed E-state index contributed by atoms with van der Waals surface area (Å²) in [7, 11) is 1.76. The molecule has 0 atom stereocenters. The Morgan fingerprint density at radius 2 is 2.00 bits per heavy atom. The van der Waals surface area contributed by atoms with Crippen molar-refractivity contribution in [1.29, 1.82) is 0 Å². The lowest BCUT2D eigenvalue weighted by Crippen LogP contribution is -2.32. The van der Waals surface area contributed by atoms with E-state index in [-0.39, 0.29) is 11.0 Å². The minimum Gasteiger partial charge on any atom is -0.384 e. The lowest BCUT2D eigenvalue weighted by molar-refractivity contribution is 0.171. The maximum Gasteiger partial charge on any atom is 0.235 e. The van der Waals surface area contributed by atoms with Crippen LogP contribution in [0.25, 0.3) is 0 Å². The van der Waals surface area contributed by atoms with E-state index in [2.05, 4.69) is 29.3 Å². The molecule has 100 valence electrons. The van der Waals surface area contributed by atoms with Crippen LogP contribution < -0.4 is 0 Å². The largest absolute Gasteiger partial charge is 0.384 e. The van der Waals surface area contributed by atoms with Crippen LogP contribution in [0.3, 0.4) is 0 Å². The van der Waals surface area contributed by atoms with Gasteiger partial charge in [-0.15, -0.1) is 0 Å². The third kappa shape index (κ3) is 2.03. The van der Waals surface area contributed by atoms with E-state index in [9.17, 15) is 4.79 Å². The molecule has 2 aliphatic rings. The van der Waals surface area contributed by atoms with E-state index < -0.39 is 0 Å². The second-order valence-corrected chi connectivity index (χ2v) is 5.88. The van der Waals surface area contributed by atoms with Gasteiger partial charge in [-0.2, -0.15) is 4.99 Å². The van der Waals surface area contributed by atoms with Crippen molar-refractivity contribution < 1.29 is 9.53 Å². The molecular formula is C16H19NO2. The van der Waals surface area contributed by atoms with Crippen LogP contribution in [-0.4, -0.2) is 19.8 Å². The van der Waals surface area contributed by atoms with Crippen LogP contribution in [0.15, 0.2) is 29.3 Å². The molecule has 0 amide bonds. The number of ether oxygens (including phenoxy) is 1. The van der Waals surface area contributed by atoms with Crippen molar-refractivity contribution in [2.24, 2.45) is 4.99 Å². The summed E-state index contributed by atoms with van der Waals surface area (Å²) in [6, 6.07) is 8.58. The number of aliphatic imine (C=N–C) groups is 1. The smallest absolute Gasteiger partial charge is 0.235 e. The number of hydrogen-bond donors (Lipinski definition) is 0. The average Bonchev–Trinajstić information content (AvgIpc) is 3.15. The fraction of sp³-hybridized carbons (Fsp3) is 0.562. The highest BCUT2D eigenvalue weighted by Crippen LogP contribution is 2.50. The minimum atomic E-state index is -0.291. The molecule has 0 saturated heterocycles. The Morgan fingerprint density at radius 1 is 1.26 bits per heavy atom. The van der Waals surface area contributed by atoms with Crippen LogP contribution >= 0.6 is 0 Å². The third-order valence-corrected chi connectivity index (χ3v) is 4.73. The topological polar surface area (TPSA) is 38.7 Å². The summed E-state index contributed by atoms with van der Waals surface area (Å²) in [5.74, 6) is 0. The van der Waals surface area contributed by atoms with Crippen molar-refractivity contribution in [1.82, 2.24) is 0 Å². The van der Waals surface area contributed by atoms with E-state index in [1.807, 2.05) is 0 Å². The number of carbonyl (C=O) groups excluding carboxylic acids is 1. The Morgan fingerprint density at radius 3 is 2.53 bits per heavy atom. The highest BCUT2D eigenvalue weighted by Gasteiger charge is 2.45. The van der Waals surface area contributed by atoms with E-state index in [1.54, 1.807) is 13.2 Å². The zero-order valence-electron chi connectivity index (χ0n) is 11.3. The molecule has 3 nitrogen and oxygen atoms in total. The Kier molecular flexibility index (Phi) is 3.04. The summed E-state index contributed by atoms with van der Waals surface area (Å²) in [5, 5.41) is 0. The van der Waals surface area contributed by atoms with Gasteiger partial charge in [0, 0.05) is 12.5 Å². The molecule has 3 heteroatoms. The minimum absolute atomic E-state index is 0.209. The number of hydrogen-bond acceptors (Lipinski definition) is 3. The maximum atomic E-state index is 10.7. The second-order valence-electron chi connectivity index (χ2n) is 5.88. The average molecular weight is 257 g/mol. The summed E-state index contributed by atoms with van der Waals surface area (Å²) in [4.78, 5) is 14.8. The molecule has 1 aromatic carbocycles. The molecule has 0 bridgehead atoms. The van der Waals surface area contributed by atoms with Crippen LogP contribution in [-0.2, 0) is 20.5 Å². The molecule has 1 aromatic rings. The van der Waals surface area contributed by atoms with E-state index in [0.717, 1.165) is 25.9 Å². The van der Waals surface area contributed by atoms with Crippen LogP contribution in [0.1, 0.15) is 43.2 Å². The summed E-state index contributed by atoms with van der Waals surface area (Å²) in [5.41, 5.74) is 2.42. The predicted molar refractivity (Wildman–Crippen MR) is 72.9 cm³/mol. The number of nitrogens with zero attached hydrogens (tertiary/aromatic N) is 1. The summed E-state index contributed by atoms with van der Waals surface area (Å²) < 4.78 is 5.35. The number of rotatable bonds is 5. The Labute approximate surface area is 113 Å². The number of isocyanates is 1. The highest BCUT2D eigenvalue weighted by molar-refractivity contribution is 5.42.